The van der Waals surface area contributed by atoms with E-state index in [1.165, 1.54) is 36.4 Å². The minimum Gasteiger partial charge on any atom is -0.756 e. The summed E-state index contributed by atoms with van der Waals surface area (Å²) in [6.45, 7) is 1.44. The molecule has 0 amide bonds. The molecule has 53 heavy (non-hydrogen) atoms. The first kappa shape index (κ1) is 41.9. The molecule has 19 nitrogen and oxygen atoms in total. The van der Waals surface area contributed by atoms with Gasteiger partial charge in [-0.15, -0.1) is 5.11 Å². The van der Waals surface area contributed by atoms with Gasteiger partial charge in [0, 0.05) is 17.5 Å². The van der Waals surface area contributed by atoms with E-state index in [-0.39, 0.29) is 71.1 Å². The number of nitrogens with zero attached hydrogens (tertiary/aromatic N) is 4. The van der Waals surface area contributed by atoms with Crippen molar-refractivity contribution in [1.29, 1.82) is 0 Å². The monoisotopic (exact) mass is 927 g/mol. The van der Waals surface area contributed by atoms with E-state index >= 15 is 0 Å². The van der Waals surface area contributed by atoms with Gasteiger partial charge in [0.1, 0.15) is 22.1 Å². The summed E-state index contributed by atoms with van der Waals surface area (Å²) in [6.07, 6.45) is -0.103. The Bertz CT molecular complexity index is 2570. The molecular formula is C29H30IN5O14S4-. The number of azo groups is 2. The van der Waals surface area contributed by atoms with Gasteiger partial charge in [0.2, 0.25) is 0 Å². The lowest BCUT2D eigenvalue weighted by Crippen LogP contribution is -3.34. The highest BCUT2D eigenvalue weighted by molar-refractivity contribution is 7.87. The molecule has 1 radical (unpaired) electrons. The lowest BCUT2D eigenvalue weighted by atomic mass is 10.1. The van der Waals surface area contributed by atoms with Crippen LogP contribution in [0, 0.1) is 10.5 Å². The average Bonchev–Trinajstić information content (AvgIpc) is 3.03. The van der Waals surface area contributed by atoms with E-state index in [2.05, 4.69) is 20.5 Å². The third-order valence-corrected chi connectivity index (χ3v) is 11.2. The lowest BCUT2D eigenvalue weighted by Gasteiger charge is -2.15. The highest BCUT2D eigenvalue weighted by Crippen LogP contribution is 2.37. The van der Waals surface area contributed by atoms with Crippen LogP contribution in [0.15, 0.2) is 84.8 Å². The number of aryl methyl sites for hydroxylation is 1. The summed E-state index contributed by atoms with van der Waals surface area (Å²) in [5.41, 5.74) is 7.61. The minimum atomic E-state index is -4.96. The van der Waals surface area contributed by atoms with Crippen LogP contribution in [-0.2, 0) is 40.5 Å². The Hall–Kier alpha value is -3.89. The molecule has 0 aliphatic carbocycles. The van der Waals surface area contributed by atoms with Gasteiger partial charge < -0.3 is 37.8 Å². The number of ether oxygens (including phenoxy) is 2. The van der Waals surface area contributed by atoms with Crippen molar-refractivity contribution < 1.29 is 83.9 Å². The van der Waals surface area contributed by atoms with Crippen LogP contribution in [0.2, 0.25) is 0 Å². The summed E-state index contributed by atoms with van der Waals surface area (Å²) in [7, 11) is -18.2. The molecule has 0 aromatic heterocycles. The molecule has 0 saturated carbocycles. The summed E-state index contributed by atoms with van der Waals surface area (Å²) in [4.78, 5) is -1.55. The van der Waals surface area contributed by atoms with Gasteiger partial charge in [0.15, 0.2) is 0 Å². The van der Waals surface area contributed by atoms with E-state index in [0.29, 0.717) is 20.9 Å². The van der Waals surface area contributed by atoms with E-state index in [1.807, 2.05) is 22.6 Å². The van der Waals surface area contributed by atoms with Gasteiger partial charge in [-0.05, 0) is 61.0 Å². The molecule has 0 aliphatic heterocycles. The number of fused-ring (bicyclic) bond motifs is 1. The topological polar surface area (TPSA) is 311 Å². The Morgan fingerprint density at radius 3 is 1.81 bits per heavy atom. The Labute approximate surface area is 317 Å². The van der Waals surface area contributed by atoms with Gasteiger partial charge in [-0.1, -0.05) is 12.1 Å². The number of nitrogens with two attached hydrogens (primary N) is 1. The number of hydrogen-bond donors (Lipinski definition) is 5. The summed E-state index contributed by atoms with van der Waals surface area (Å²) < 4.78 is 141. The van der Waals surface area contributed by atoms with Gasteiger partial charge >= 0.3 is 0 Å². The second-order valence-corrected chi connectivity index (χ2v) is 18.2. The van der Waals surface area contributed by atoms with Crippen molar-refractivity contribution in [2.45, 2.75) is 29.6 Å². The maximum atomic E-state index is 12.1. The molecule has 0 heterocycles. The van der Waals surface area contributed by atoms with Crippen LogP contribution in [0.5, 0.6) is 11.5 Å². The van der Waals surface area contributed by atoms with E-state index in [0.717, 1.165) is 6.07 Å². The standard InChI is InChI=1S/C29H30IN5O14S4/c1-17-10-23(31)27(48-6-2-8-50(36,37)38)15-24(17)33-35-26-14-22(30)25(16-28(26)49-7-3-9-51(39,40)41)34-32-19-5-4-18-11-20(52(42,43)44)13-29(21(18)12-19)53(45,46)47/h4-5,10-16H,2-3,6-9,31H2,1H3,(H,36,37,38)(H,39,40,41)(H,42,43,44)(H,45,46,47)/q-1. The van der Waals surface area contributed by atoms with Crippen molar-refractivity contribution in [2.24, 2.45) is 20.5 Å². The predicted octanol–water partition coefficient (Wildman–Crippen LogP) is 2.09. The number of nitrogen functional groups attached to an aromatic ring is 1. The van der Waals surface area contributed by atoms with Crippen molar-refractivity contribution in [2.75, 3.05) is 30.5 Å². The van der Waals surface area contributed by atoms with Crippen molar-refractivity contribution in [3.05, 3.63) is 63.7 Å². The van der Waals surface area contributed by atoms with Gasteiger partial charge in [-0.3, -0.25) is 18.2 Å². The molecule has 0 spiro atoms. The van der Waals surface area contributed by atoms with Crippen LogP contribution < -0.4 is 37.8 Å². The highest BCUT2D eigenvalue weighted by Gasteiger charge is 2.21. The minimum absolute atomic E-state index is 0.00618. The van der Waals surface area contributed by atoms with Crippen LogP contribution in [0.3, 0.4) is 0 Å². The molecule has 0 saturated heterocycles. The van der Waals surface area contributed by atoms with Crippen molar-refractivity contribution in [1.82, 2.24) is 0 Å². The third-order valence-electron chi connectivity index (χ3n) is 6.95. The first-order valence-electron chi connectivity index (χ1n) is 14.8. The van der Waals surface area contributed by atoms with Crippen LogP contribution in [-0.4, -0.2) is 76.6 Å². The van der Waals surface area contributed by atoms with E-state index in [4.69, 9.17) is 24.3 Å². The average molecular weight is 928 g/mol. The van der Waals surface area contributed by atoms with Gasteiger partial charge in [0.05, 0.1) is 52.4 Å². The quantitative estimate of drug-likeness (QED) is 0.0353. The van der Waals surface area contributed by atoms with Gasteiger partial charge in [-0.2, -0.15) is 52.6 Å². The zero-order valence-electron chi connectivity index (χ0n) is 27.2. The summed E-state index contributed by atoms with van der Waals surface area (Å²) in [5, 5.41) is 16.8. The molecule has 287 valence electrons. The normalized spacial score (nSPS) is 12.9. The van der Waals surface area contributed by atoms with Crippen molar-refractivity contribution in [3.8, 4) is 11.5 Å². The van der Waals surface area contributed by atoms with Gasteiger partial charge in [0.25, 0.3) is 40.5 Å². The Morgan fingerprint density at radius 2 is 1.23 bits per heavy atom. The van der Waals surface area contributed by atoms with Crippen LogP contribution in [0.25, 0.3) is 10.8 Å². The lowest BCUT2D eigenvalue weighted by molar-refractivity contribution is -0.326. The first-order chi connectivity index (χ1) is 24.5. The zero-order chi connectivity index (χ0) is 39.4. The maximum absolute atomic E-state index is 12.1. The smallest absolute Gasteiger partial charge is 0.295 e. The fourth-order valence-corrected chi connectivity index (χ4v) is 7.38. The van der Waals surface area contributed by atoms with E-state index in [1.54, 1.807) is 13.0 Å². The molecule has 0 unspecified atom stereocenters. The molecule has 0 atom stereocenters. The SMILES string of the molecule is Cc1cc(N)c(OCCCS(=O)(=O)O)cc1N=Nc1cc([I-])c(N=Nc2ccc3cc(S(=O)(=O)O)cc(S(=O)(=O)O)c3c2)cc1OCCCS(=O)(=O)O. The second kappa shape index (κ2) is 16.6. The molecule has 0 aliphatic rings. The summed E-state index contributed by atoms with van der Waals surface area (Å²) in [6, 6.07) is 11.5. The van der Waals surface area contributed by atoms with Crippen molar-refractivity contribution >= 4 is 79.7 Å². The summed E-state index contributed by atoms with van der Waals surface area (Å²) >= 11 is 1.92. The van der Waals surface area contributed by atoms with Crippen LogP contribution >= 0.6 is 0 Å². The number of halogens is 1. The molecule has 4 rings (SSSR count). The highest BCUT2D eigenvalue weighted by atomic mass is 127. The number of benzene rings is 4. The Kier molecular flexibility index (Phi) is 13.1. The number of hydrogen-bond acceptors (Lipinski definition) is 15. The van der Waals surface area contributed by atoms with E-state index in [9.17, 15) is 42.8 Å². The number of anilines is 1. The molecule has 4 aromatic rings. The second-order valence-electron chi connectivity index (χ2n) is 11.1. The molecule has 4 aromatic carbocycles. The largest absolute Gasteiger partial charge is 0.756 e. The van der Waals surface area contributed by atoms with E-state index < -0.39 is 61.8 Å². The molecule has 6 N–H and O–H groups in total. The first-order valence-corrected chi connectivity index (χ1v) is 21.9. The van der Waals surface area contributed by atoms with Gasteiger partial charge in [-0.25, -0.2) is 0 Å². The Balaban J connectivity index is 1.69. The summed E-state index contributed by atoms with van der Waals surface area (Å²) in [5.74, 6) is -0.844. The molecule has 0 bridgehead atoms. The van der Waals surface area contributed by atoms with Crippen molar-refractivity contribution in [3.63, 3.8) is 0 Å². The third kappa shape index (κ3) is 12.3. The fourth-order valence-electron chi connectivity index (χ4n) is 4.51. The van der Waals surface area contributed by atoms with Crippen LogP contribution in [0.4, 0.5) is 28.4 Å². The zero-order valence-corrected chi connectivity index (χ0v) is 32.6. The molecule has 24 heteroatoms. The maximum Gasteiger partial charge on any atom is 0.295 e. The molecular weight excluding hydrogens is 898 g/mol. The fraction of sp³-hybridized carbons (Fsp3) is 0.241. The molecule has 0 fully saturated rings. The predicted molar refractivity (Wildman–Crippen MR) is 186 cm³/mol. The van der Waals surface area contributed by atoms with Crippen LogP contribution in [0.1, 0.15) is 18.4 Å². The Morgan fingerprint density at radius 1 is 0.660 bits per heavy atom. The number of rotatable bonds is 16.